The van der Waals surface area contributed by atoms with Gasteiger partial charge < -0.3 is 20.3 Å². The molecule has 3 aromatic rings. The van der Waals surface area contributed by atoms with Gasteiger partial charge in [-0.05, 0) is 20.3 Å². The highest BCUT2D eigenvalue weighted by Gasteiger charge is 2.40. The smallest absolute Gasteiger partial charge is 0.232 e. The van der Waals surface area contributed by atoms with Crippen molar-refractivity contribution in [2.24, 2.45) is 0 Å². The zero-order chi connectivity index (χ0) is 20.7. The van der Waals surface area contributed by atoms with Gasteiger partial charge in [0.1, 0.15) is 17.5 Å². The number of aromatic amines is 1. The van der Waals surface area contributed by atoms with Crippen molar-refractivity contribution in [2.45, 2.75) is 38.5 Å². The molecular weight excluding hydrogens is 389 g/mol. The average molecular weight is 411 g/mol. The van der Waals surface area contributed by atoms with Crippen LogP contribution in [0.4, 0.5) is 27.8 Å². The summed E-state index contributed by atoms with van der Waals surface area (Å²) in [4.78, 5) is 19.6. The van der Waals surface area contributed by atoms with E-state index in [1.807, 2.05) is 26.0 Å². The summed E-state index contributed by atoms with van der Waals surface area (Å²) in [6.45, 7) is 5.33. The molecule has 0 saturated carbocycles. The monoisotopic (exact) mass is 411 g/mol. The fourth-order valence-electron chi connectivity index (χ4n) is 3.82. The molecule has 0 radical (unpaired) electrons. The molecule has 0 spiro atoms. The van der Waals surface area contributed by atoms with E-state index in [1.54, 1.807) is 0 Å². The lowest BCUT2D eigenvalue weighted by molar-refractivity contribution is 0.0989. The first-order chi connectivity index (χ1) is 14.5. The van der Waals surface area contributed by atoms with Crippen LogP contribution in [0.3, 0.4) is 0 Å². The molecule has 30 heavy (non-hydrogen) atoms. The third kappa shape index (κ3) is 3.75. The number of aromatic nitrogens is 6. The predicted molar refractivity (Wildman–Crippen MR) is 108 cm³/mol. The number of nitrogens with one attached hydrogen (secondary N) is 3. The molecule has 3 N–H and O–H groups in total. The summed E-state index contributed by atoms with van der Waals surface area (Å²) in [7, 11) is 0. The van der Waals surface area contributed by atoms with Gasteiger partial charge >= 0.3 is 0 Å². The van der Waals surface area contributed by atoms with Crippen LogP contribution in [0, 0.1) is 12.7 Å². The lowest BCUT2D eigenvalue weighted by Crippen LogP contribution is -2.37. The number of fused-ring (bicyclic) bond motifs is 2. The molecule has 10 nitrogen and oxygen atoms in total. The maximum absolute atomic E-state index is 13.1. The Labute approximate surface area is 172 Å². The van der Waals surface area contributed by atoms with Crippen LogP contribution in [0.15, 0.2) is 24.5 Å². The number of morpholine rings is 1. The molecule has 3 aromatic heterocycles. The Bertz CT molecular complexity index is 1040. The van der Waals surface area contributed by atoms with E-state index in [0.29, 0.717) is 36.1 Å². The molecule has 2 aliphatic rings. The van der Waals surface area contributed by atoms with Gasteiger partial charge in [-0.2, -0.15) is 15.1 Å². The van der Waals surface area contributed by atoms with E-state index in [9.17, 15) is 4.39 Å². The number of halogens is 1. The molecule has 0 aromatic carbocycles. The minimum atomic E-state index is -0.470. The summed E-state index contributed by atoms with van der Waals surface area (Å²) in [5, 5.41) is 13.5. The summed E-state index contributed by atoms with van der Waals surface area (Å²) in [6, 6.07) is 3.83. The molecule has 156 valence electrons. The Morgan fingerprint density at radius 1 is 1.23 bits per heavy atom. The quantitative estimate of drug-likeness (QED) is 0.562. The van der Waals surface area contributed by atoms with Crippen molar-refractivity contribution < 1.29 is 9.13 Å². The highest BCUT2D eigenvalue weighted by atomic mass is 19.1. The van der Waals surface area contributed by atoms with E-state index in [-0.39, 0.29) is 12.1 Å². The molecule has 2 saturated heterocycles. The maximum Gasteiger partial charge on any atom is 0.232 e. The van der Waals surface area contributed by atoms with Crippen LogP contribution in [0.25, 0.3) is 0 Å². The third-order valence-corrected chi connectivity index (χ3v) is 5.25. The normalized spacial score (nSPS) is 21.1. The van der Waals surface area contributed by atoms with Crippen molar-refractivity contribution in [1.82, 2.24) is 30.1 Å². The van der Waals surface area contributed by atoms with Crippen molar-refractivity contribution in [3.8, 4) is 0 Å². The van der Waals surface area contributed by atoms with Gasteiger partial charge in [0, 0.05) is 24.4 Å². The molecule has 2 fully saturated rings. The van der Waals surface area contributed by atoms with E-state index in [2.05, 4.69) is 40.7 Å². The Morgan fingerprint density at radius 3 is 2.73 bits per heavy atom. The summed E-state index contributed by atoms with van der Waals surface area (Å²) in [5.74, 6) is 2.49. The average Bonchev–Trinajstić information content (AvgIpc) is 3.46. The van der Waals surface area contributed by atoms with Crippen LogP contribution < -0.4 is 15.5 Å². The van der Waals surface area contributed by atoms with Crippen LogP contribution in [-0.4, -0.2) is 55.4 Å². The Morgan fingerprint density at radius 2 is 2.07 bits per heavy atom. The molecular formula is C19H22FN9O. The lowest BCUT2D eigenvalue weighted by atomic mass is 10.2. The molecule has 5 heterocycles. The zero-order valence-electron chi connectivity index (χ0n) is 16.6. The van der Waals surface area contributed by atoms with Crippen molar-refractivity contribution in [1.29, 1.82) is 0 Å². The minimum Gasteiger partial charge on any atom is -0.374 e. The number of anilines is 4. The zero-order valence-corrected chi connectivity index (χ0v) is 16.6. The first kappa shape index (κ1) is 18.7. The fourth-order valence-corrected chi connectivity index (χ4v) is 3.82. The van der Waals surface area contributed by atoms with E-state index in [0.717, 1.165) is 36.9 Å². The largest absolute Gasteiger partial charge is 0.374 e. The predicted octanol–water partition coefficient (Wildman–Crippen LogP) is 2.33. The van der Waals surface area contributed by atoms with Crippen LogP contribution in [0.2, 0.25) is 0 Å². The van der Waals surface area contributed by atoms with Crippen molar-refractivity contribution in [2.75, 3.05) is 28.7 Å². The molecule has 5 rings (SSSR count). The number of hydrogen-bond acceptors (Lipinski definition) is 9. The number of ether oxygens (including phenoxy) is 1. The van der Waals surface area contributed by atoms with Crippen molar-refractivity contribution in [3.05, 3.63) is 41.9 Å². The number of hydrogen-bond donors (Lipinski definition) is 3. The second-order valence-corrected chi connectivity index (χ2v) is 7.62. The Balaban J connectivity index is 1.43. The standard InChI is InChI=1S/C19H22FN9O/c1-10-3-16(28-27-10)25-19-24-15(23-11(2)18-21-6-12(20)7-22-18)5-17(26-19)29-8-14-4-13(29)9-30-14/h3,5-7,11,13-14H,4,8-9H2,1-2H3,(H3,23,24,25,26,27,28)/t11-,13?,14?/m0/s1. The highest BCUT2D eigenvalue weighted by molar-refractivity contribution is 5.59. The van der Waals surface area contributed by atoms with Gasteiger partial charge in [0.15, 0.2) is 11.6 Å². The van der Waals surface area contributed by atoms with Crippen LogP contribution in [-0.2, 0) is 4.74 Å². The van der Waals surface area contributed by atoms with Crippen molar-refractivity contribution >= 4 is 23.4 Å². The number of nitrogens with zero attached hydrogens (tertiary/aromatic N) is 6. The van der Waals surface area contributed by atoms with Gasteiger partial charge in [-0.25, -0.2) is 14.4 Å². The first-order valence-corrected chi connectivity index (χ1v) is 9.84. The van der Waals surface area contributed by atoms with Gasteiger partial charge in [-0.15, -0.1) is 0 Å². The second-order valence-electron chi connectivity index (χ2n) is 7.62. The first-order valence-electron chi connectivity index (χ1n) is 9.84. The molecule has 11 heteroatoms. The summed E-state index contributed by atoms with van der Waals surface area (Å²) >= 11 is 0. The number of aryl methyl sites for hydroxylation is 1. The third-order valence-electron chi connectivity index (χ3n) is 5.25. The number of H-pyrrole nitrogens is 1. The molecule has 2 aliphatic heterocycles. The van der Waals surface area contributed by atoms with Gasteiger partial charge in [-0.3, -0.25) is 5.10 Å². The fraction of sp³-hybridized carbons (Fsp3) is 0.421. The van der Waals surface area contributed by atoms with Gasteiger partial charge in [0.05, 0.1) is 37.2 Å². The highest BCUT2D eigenvalue weighted by Crippen LogP contribution is 2.33. The van der Waals surface area contributed by atoms with E-state index in [4.69, 9.17) is 9.72 Å². The van der Waals surface area contributed by atoms with Crippen LogP contribution >= 0.6 is 0 Å². The molecule has 2 bridgehead atoms. The van der Waals surface area contributed by atoms with Crippen LogP contribution in [0.5, 0.6) is 0 Å². The lowest BCUT2D eigenvalue weighted by Gasteiger charge is -2.28. The maximum atomic E-state index is 13.1. The van der Waals surface area contributed by atoms with E-state index in [1.165, 1.54) is 0 Å². The molecule has 0 amide bonds. The van der Waals surface area contributed by atoms with Gasteiger partial charge in [0.2, 0.25) is 5.95 Å². The van der Waals surface area contributed by atoms with E-state index < -0.39 is 5.82 Å². The van der Waals surface area contributed by atoms with E-state index >= 15 is 0 Å². The topological polar surface area (TPSA) is 117 Å². The molecule has 2 unspecified atom stereocenters. The van der Waals surface area contributed by atoms with Gasteiger partial charge in [-0.1, -0.05) is 0 Å². The molecule has 0 aliphatic carbocycles. The summed E-state index contributed by atoms with van der Waals surface area (Å²) < 4.78 is 18.9. The molecule has 3 atom stereocenters. The summed E-state index contributed by atoms with van der Waals surface area (Å²) in [5.41, 5.74) is 0.933. The minimum absolute atomic E-state index is 0.248. The Kier molecular flexibility index (Phi) is 4.66. The SMILES string of the molecule is Cc1cc(Nc2nc(N[C@@H](C)c3ncc(F)cn3)cc(N3CC4CC3CO4)n2)n[nH]1. The number of rotatable bonds is 6. The second kappa shape index (κ2) is 7.48. The Hall–Kier alpha value is -3.34. The summed E-state index contributed by atoms with van der Waals surface area (Å²) in [6.07, 6.45) is 3.56. The van der Waals surface area contributed by atoms with Crippen LogP contribution in [0.1, 0.15) is 30.9 Å². The van der Waals surface area contributed by atoms with Crippen molar-refractivity contribution in [3.63, 3.8) is 0 Å². The van der Waals surface area contributed by atoms with Gasteiger partial charge in [0.25, 0.3) is 0 Å².